The van der Waals surface area contributed by atoms with Crippen molar-refractivity contribution in [1.82, 2.24) is 5.32 Å². The monoisotopic (exact) mass is 279 g/mol. The van der Waals surface area contributed by atoms with E-state index in [1.54, 1.807) is 19.1 Å². The molecule has 1 aliphatic carbocycles. The van der Waals surface area contributed by atoms with Gasteiger partial charge in [0, 0.05) is 6.54 Å². The first-order chi connectivity index (χ1) is 9.56. The van der Waals surface area contributed by atoms with Crippen LogP contribution in [-0.2, 0) is 11.3 Å². The fourth-order valence-electron chi connectivity index (χ4n) is 2.78. The maximum atomic E-state index is 13.4. The molecule has 0 aromatic heterocycles. The molecule has 1 aromatic rings. The third-order valence-electron chi connectivity index (χ3n) is 4.19. The lowest BCUT2D eigenvalue weighted by Crippen LogP contribution is -2.28. The first kappa shape index (κ1) is 15.0. The quantitative estimate of drug-likeness (QED) is 0.870. The Bertz CT molecular complexity index is 468. The maximum Gasteiger partial charge on any atom is 0.306 e. The van der Waals surface area contributed by atoms with Crippen LogP contribution in [0.3, 0.4) is 0 Å². The molecule has 0 unspecified atom stereocenters. The number of carbonyl (C=O) groups is 1. The van der Waals surface area contributed by atoms with E-state index in [1.807, 2.05) is 6.07 Å². The molecule has 2 rings (SSSR count). The summed E-state index contributed by atoms with van der Waals surface area (Å²) in [5.74, 6) is -0.434. The number of halogens is 1. The first-order valence-corrected chi connectivity index (χ1v) is 7.25. The molecule has 4 heteroatoms. The minimum atomic E-state index is -0.661. The second-order valence-electron chi connectivity index (χ2n) is 5.77. The Kier molecular flexibility index (Phi) is 5.12. The van der Waals surface area contributed by atoms with Crippen molar-refractivity contribution in [3.8, 4) is 0 Å². The van der Waals surface area contributed by atoms with Gasteiger partial charge in [-0.2, -0.15) is 0 Å². The SMILES string of the molecule is Cc1ccc(CNCC2CCC(C(=O)O)CC2)cc1F. The fraction of sp³-hybridized carbons (Fsp3) is 0.562. The van der Waals surface area contributed by atoms with E-state index in [0.717, 1.165) is 37.8 Å². The molecule has 0 radical (unpaired) electrons. The van der Waals surface area contributed by atoms with Crippen molar-refractivity contribution in [2.45, 2.75) is 39.2 Å². The zero-order valence-electron chi connectivity index (χ0n) is 11.9. The van der Waals surface area contributed by atoms with Gasteiger partial charge in [-0.15, -0.1) is 0 Å². The molecule has 0 heterocycles. The highest BCUT2D eigenvalue weighted by Gasteiger charge is 2.25. The summed E-state index contributed by atoms with van der Waals surface area (Å²) in [5.41, 5.74) is 1.62. The van der Waals surface area contributed by atoms with Crippen LogP contribution in [0.25, 0.3) is 0 Å². The summed E-state index contributed by atoms with van der Waals surface area (Å²) in [6.45, 7) is 3.30. The predicted octanol–water partition coefficient (Wildman–Crippen LogP) is 3.11. The number of benzene rings is 1. The van der Waals surface area contributed by atoms with Crippen LogP contribution in [0.4, 0.5) is 4.39 Å². The van der Waals surface area contributed by atoms with Crippen molar-refractivity contribution in [1.29, 1.82) is 0 Å². The highest BCUT2D eigenvalue weighted by molar-refractivity contribution is 5.69. The Morgan fingerprint density at radius 1 is 1.35 bits per heavy atom. The maximum absolute atomic E-state index is 13.4. The second kappa shape index (κ2) is 6.84. The van der Waals surface area contributed by atoms with Crippen LogP contribution in [0.1, 0.15) is 36.8 Å². The van der Waals surface area contributed by atoms with Crippen LogP contribution < -0.4 is 5.32 Å². The van der Waals surface area contributed by atoms with Crippen molar-refractivity contribution in [2.75, 3.05) is 6.54 Å². The summed E-state index contributed by atoms with van der Waals surface area (Å²) in [6.07, 6.45) is 3.49. The molecule has 0 bridgehead atoms. The van der Waals surface area contributed by atoms with Gasteiger partial charge in [-0.25, -0.2) is 4.39 Å². The Labute approximate surface area is 119 Å². The van der Waals surface area contributed by atoms with Gasteiger partial charge >= 0.3 is 5.97 Å². The number of carboxylic acid groups (broad SMARTS) is 1. The van der Waals surface area contributed by atoms with Crippen LogP contribution in [0.2, 0.25) is 0 Å². The third-order valence-corrected chi connectivity index (χ3v) is 4.19. The molecule has 0 atom stereocenters. The zero-order chi connectivity index (χ0) is 14.5. The van der Waals surface area contributed by atoms with Gasteiger partial charge in [0.05, 0.1) is 5.92 Å². The van der Waals surface area contributed by atoms with Gasteiger partial charge in [0.15, 0.2) is 0 Å². The second-order valence-corrected chi connectivity index (χ2v) is 5.77. The van der Waals surface area contributed by atoms with Gasteiger partial charge in [-0.1, -0.05) is 12.1 Å². The number of hydrogen-bond donors (Lipinski definition) is 2. The Balaban J connectivity index is 1.71. The summed E-state index contributed by atoms with van der Waals surface area (Å²) < 4.78 is 13.4. The average molecular weight is 279 g/mol. The number of nitrogens with one attached hydrogen (secondary N) is 1. The van der Waals surface area contributed by atoms with E-state index in [4.69, 9.17) is 5.11 Å². The molecule has 20 heavy (non-hydrogen) atoms. The standard InChI is InChI=1S/C16H22FNO2/c1-11-2-3-13(8-15(11)17)10-18-9-12-4-6-14(7-5-12)16(19)20/h2-3,8,12,14,18H,4-7,9-10H2,1H3,(H,19,20). The molecule has 0 spiro atoms. The smallest absolute Gasteiger partial charge is 0.306 e. The molecular weight excluding hydrogens is 257 g/mol. The van der Waals surface area contributed by atoms with E-state index < -0.39 is 5.97 Å². The number of carboxylic acids is 1. The lowest BCUT2D eigenvalue weighted by Gasteiger charge is -2.26. The first-order valence-electron chi connectivity index (χ1n) is 7.25. The number of aryl methyl sites for hydroxylation is 1. The van der Waals surface area contributed by atoms with Gasteiger partial charge in [-0.3, -0.25) is 4.79 Å². The Morgan fingerprint density at radius 3 is 2.65 bits per heavy atom. The van der Waals surface area contributed by atoms with Crippen LogP contribution in [0.5, 0.6) is 0 Å². The number of hydrogen-bond acceptors (Lipinski definition) is 2. The fourth-order valence-corrected chi connectivity index (χ4v) is 2.78. The largest absolute Gasteiger partial charge is 0.481 e. The molecule has 0 aliphatic heterocycles. The number of aliphatic carboxylic acids is 1. The molecule has 1 aromatic carbocycles. The van der Waals surface area contributed by atoms with E-state index in [-0.39, 0.29) is 11.7 Å². The zero-order valence-corrected chi connectivity index (χ0v) is 11.9. The lowest BCUT2D eigenvalue weighted by atomic mass is 9.82. The van der Waals surface area contributed by atoms with Crippen LogP contribution >= 0.6 is 0 Å². The minimum absolute atomic E-state index is 0.155. The normalized spacial score (nSPS) is 22.7. The van der Waals surface area contributed by atoms with Crippen molar-refractivity contribution in [2.24, 2.45) is 11.8 Å². The van der Waals surface area contributed by atoms with Gasteiger partial charge in [0.1, 0.15) is 5.82 Å². The molecule has 1 fully saturated rings. The highest BCUT2D eigenvalue weighted by Crippen LogP contribution is 2.28. The topological polar surface area (TPSA) is 49.3 Å². The van der Waals surface area contributed by atoms with Crippen molar-refractivity contribution in [3.63, 3.8) is 0 Å². The molecule has 2 N–H and O–H groups in total. The molecule has 1 saturated carbocycles. The van der Waals surface area contributed by atoms with E-state index >= 15 is 0 Å². The summed E-state index contributed by atoms with van der Waals surface area (Å²) in [6, 6.07) is 5.31. The summed E-state index contributed by atoms with van der Waals surface area (Å²) >= 11 is 0. The van der Waals surface area contributed by atoms with Crippen molar-refractivity contribution in [3.05, 3.63) is 35.1 Å². The molecule has 0 amide bonds. The third kappa shape index (κ3) is 4.04. The van der Waals surface area contributed by atoms with Gasteiger partial charge in [-0.05, 0) is 62.3 Å². The van der Waals surface area contributed by atoms with Crippen LogP contribution in [0, 0.1) is 24.6 Å². The van der Waals surface area contributed by atoms with Crippen molar-refractivity contribution < 1.29 is 14.3 Å². The Morgan fingerprint density at radius 2 is 2.05 bits per heavy atom. The van der Waals surface area contributed by atoms with Gasteiger partial charge in [0.25, 0.3) is 0 Å². The van der Waals surface area contributed by atoms with E-state index in [0.29, 0.717) is 18.0 Å². The highest BCUT2D eigenvalue weighted by atomic mass is 19.1. The number of rotatable bonds is 5. The molecular formula is C16H22FNO2. The molecule has 3 nitrogen and oxygen atoms in total. The minimum Gasteiger partial charge on any atom is -0.481 e. The van der Waals surface area contributed by atoms with E-state index in [9.17, 15) is 9.18 Å². The summed E-state index contributed by atoms with van der Waals surface area (Å²) in [7, 11) is 0. The van der Waals surface area contributed by atoms with Crippen molar-refractivity contribution >= 4 is 5.97 Å². The summed E-state index contributed by atoms with van der Waals surface area (Å²) in [5, 5.41) is 12.3. The lowest BCUT2D eigenvalue weighted by molar-refractivity contribution is -0.143. The average Bonchev–Trinajstić information content (AvgIpc) is 2.43. The predicted molar refractivity (Wildman–Crippen MR) is 75.9 cm³/mol. The van der Waals surface area contributed by atoms with Crippen LogP contribution in [-0.4, -0.2) is 17.6 Å². The molecule has 1 aliphatic rings. The van der Waals surface area contributed by atoms with Crippen LogP contribution in [0.15, 0.2) is 18.2 Å². The molecule has 110 valence electrons. The van der Waals surface area contributed by atoms with E-state index in [1.165, 1.54) is 0 Å². The van der Waals surface area contributed by atoms with Gasteiger partial charge in [0.2, 0.25) is 0 Å². The van der Waals surface area contributed by atoms with Gasteiger partial charge < -0.3 is 10.4 Å². The van der Waals surface area contributed by atoms with E-state index in [2.05, 4.69) is 5.32 Å². The Hall–Kier alpha value is -1.42. The molecule has 0 saturated heterocycles. The summed E-state index contributed by atoms with van der Waals surface area (Å²) in [4.78, 5) is 10.9.